The molecule has 3 aromatic rings. The summed E-state index contributed by atoms with van der Waals surface area (Å²) < 4.78 is 1.76. The molecule has 164 valence electrons. The van der Waals surface area contributed by atoms with E-state index in [-0.39, 0.29) is 11.8 Å². The number of carbonyl (C=O) groups excluding carboxylic acids is 2. The monoisotopic (exact) mass is 449 g/mol. The first-order chi connectivity index (χ1) is 15.6. The van der Waals surface area contributed by atoms with Crippen LogP contribution in [0.2, 0.25) is 5.02 Å². The van der Waals surface area contributed by atoms with Gasteiger partial charge in [0, 0.05) is 44.4 Å². The van der Waals surface area contributed by atoms with Gasteiger partial charge >= 0.3 is 0 Å². The van der Waals surface area contributed by atoms with Crippen molar-refractivity contribution in [2.75, 3.05) is 19.6 Å². The van der Waals surface area contributed by atoms with E-state index in [1.807, 2.05) is 67.0 Å². The Morgan fingerprint density at radius 1 is 1.00 bits per heavy atom. The Labute approximate surface area is 191 Å². The topological polar surface area (TPSA) is 70.5 Å². The zero-order valence-electron chi connectivity index (χ0n) is 17.5. The first kappa shape index (κ1) is 20.7. The van der Waals surface area contributed by atoms with Crippen molar-refractivity contribution in [3.63, 3.8) is 0 Å². The number of para-hydroxylation sites is 1. The molecule has 2 aliphatic heterocycles. The number of benzene rings is 2. The predicted molar refractivity (Wildman–Crippen MR) is 121 cm³/mol. The maximum absolute atomic E-state index is 13.0. The highest BCUT2D eigenvalue weighted by Crippen LogP contribution is 2.22. The van der Waals surface area contributed by atoms with E-state index in [0.717, 1.165) is 16.8 Å². The summed E-state index contributed by atoms with van der Waals surface area (Å²) in [5, 5.41) is 8.01. The molecule has 2 aromatic carbocycles. The fourth-order valence-corrected chi connectivity index (χ4v) is 4.68. The summed E-state index contributed by atoms with van der Waals surface area (Å²) in [5.41, 5.74) is 2.90. The minimum absolute atomic E-state index is 0.00430. The van der Waals surface area contributed by atoms with Crippen LogP contribution in [0.3, 0.4) is 0 Å². The summed E-state index contributed by atoms with van der Waals surface area (Å²) in [6.07, 6.45) is 4.28. The van der Waals surface area contributed by atoms with Crippen molar-refractivity contribution in [3.8, 4) is 5.69 Å². The van der Waals surface area contributed by atoms with E-state index in [9.17, 15) is 9.59 Å². The lowest BCUT2D eigenvalue weighted by Gasteiger charge is -2.45. The molecule has 0 aliphatic carbocycles. The van der Waals surface area contributed by atoms with Crippen LogP contribution in [0.25, 0.3) is 5.69 Å². The lowest BCUT2D eigenvalue weighted by molar-refractivity contribution is -0.153. The van der Waals surface area contributed by atoms with Gasteiger partial charge in [0.25, 0.3) is 0 Å². The summed E-state index contributed by atoms with van der Waals surface area (Å²) in [6, 6.07) is 16.4. The van der Waals surface area contributed by atoms with Crippen LogP contribution >= 0.6 is 11.6 Å². The minimum atomic E-state index is -0.499. The molecule has 0 spiro atoms. The van der Waals surface area contributed by atoms with Gasteiger partial charge < -0.3 is 10.2 Å². The molecule has 2 atom stereocenters. The molecule has 2 aliphatic rings. The van der Waals surface area contributed by atoms with E-state index < -0.39 is 12.1 Å². The number of hydrogen-bond donors (Lipinski definition) is 1. The molecule has 8 heteroatoms. The number of halogens is 1. The minimum Gasteiger partial charge on any atom is -0.342 e. The Kier molecular flexibility index (Phi) is 5.68. The average Bonchev–Trinajstić information content (AvgIpc) is 3.26. The van der Waals surface area contributed by atoms with E-state index in [0.29, 0.717) is 37.6 Å². The first-order valence-electron chi connectivity index (χ1n) is 10.7. The van der Waals surface area contributed by atoms with Crippen molar-refractivity contribution < 1.29 is 9.59 Å². The number of hydrogen-bond acceptors (Lipinski definition) is 4. The standard InChI is InChI=1S/C24H24ClN5O2/c25-19-8-4-5-9-21(19)30-15-18(13-26-30)14-28-10-11-29-22(16-28)23(31)27-20(24(29)32)12-17-6-2-1-3-7-17/h1-9,13,15,20,22H,10-12,14,16H2,(H,27,31)/t20-,22-/m1/s1. The second kappa shape index (κ2) is 8.76. The van der Waals surface area contributed by atoms with Crippen LogP contribution in [0, 0.1) is 0 Å². The summed E-state index contributed by atoms with van der Waals surface area (Å²) >= 11 is 6.28. The molecule has 5 rings (SSSR count). The van der Waals surface area contributed by atoms with Gasteiger partial charge in [0.1, 0.15) is 12.1 Å². The molecule has 3 heterocycles. The lowest BCUT2D eigenvalue weighted by atomic mass is 9.98. The highest BCUT2D eigenvalue weighted by atomic mass is 35.5. The van der Waals surface area contributed by atoms with Crippen molar-refractivity contribution in [2.24, 2.45) is 0 Å². The number of rotatable bonds is 5. The largest absolute Gasteiger partial charge is 0.342 e. The third-order valence-corrected chi connectivity index (χ3v) is 6.41. The quantitative estimate of drug-likeness (QED) is 0.648. The highest BCUT2D eigenvalue weighted by molar-refractivity contribution is 6.32. The highest BCUT2D eigenvalue weighted by Gasteiger charge is 2.43. The number of nitrogens with one attached hydrogen (secondary N) is 1. The molecular formula is C24H24ClN5O2. The van der Waals surface area contributed by atoms with Crippen LogP contribution in [0.4, 0.5) is 0 Å². The summed E-state index contributed by atoms with van der Waals surface area (Å²) in [6.45, 7) is 2.42. The van der Waals surface area contributed by atoms with Crippen molar-refractivity contribution in [2.45, 2.75) is 25.0 Å². The van der Waals surface area contributed by atoms with Gasteiger partial charge in [-0.3, -0.25) is 14.5 Å². The molecule has 1 aromatic heterocycles. The Morgan fingerprint density at radius 3 is 2.59 bits per heavy atom. The summed E-state index contributed by atoms with van der Waals surface area (Å²) in [5.74, 6) is -0.0772. The summed E-state index contributed by atoms with van der Waals surface area (Å²) in [7, 11) is 0. The van der Waals surface area contributed by atoms with Gasteiger partial charge in [-0.05, 0) is 17.7 Å². The van der Waals surface area contributed by atoms with Gasteiger partial charge in [0.05, 0.1) is 16.9 Å². The molecule has 0 saturated carbocycles. The number of aromatic nitrogens is 2. The normalized spacial score (nSPS) is 21.3. The lowest BCUT2D eigenvalue weighted by Crippen LogP contribution is -2.69. The molecule has 2 fully saturated rings. The maximum atomic E-state index is 13.0. The fraction of sp³-hybridized carbons (Fsp3) is 0.292. The van der Waals surface area contributed by atoms with E-state index in [2.05, 4.69) is 15.3 Å². The average molecular weight is 450 g/mol. The van der Waals surface area contributed by atoms with Crippen LogP contribution in [0.15, 0.2) is 67.0 Å². The van der Waals surface area contributed by atoms with Crippen LogP contribution in [0.1, 0.15) is 11.1 Å². The number of carbonyl (C=O) groups is 2. The van der Waals surface area contributed by atoms with Gasteiger partial charge in [0.15, 0.2) is 0 Å². The molecule has 0 radical (unpaired) electrons. The number of amides is 2. The Morgan fingerprint density at radius 2 is 1.78 bits per heavy atom. The molecule has 2 amide bonds. The van der Waals surface area contributed by atoms with Crippen LogP contribution in [0.5, 0.6) is 0 Å². The molecule has 32 heavy (non-hydrogen) atoms. The predicted octanol–water partition coefficient (Wildman–Crippen LogP) is 2.28. The van der Waals surface area contributed by atoms with Gasteiger partial charge in [-0.1, -0.05) is 54.1 Å². The molecule has 0 unspecified atom stereocenters. The second-order valence-corrected chi connectivity index (χ2v) is 8.69. The van der Waals surface area contributed by atoms with Gasteiger partial charge in [-0.25, -0.2) is 4.68 Å². The van der Waals surface area contributed by atoms with E-state index in [1.165, 1.54) is 0 Å². The van der Waals surface area contributed by atoms with Crippen LogP contribution in [-0.2, 0) is 22.6 Å². The number of piperazine rings is 2. The zero-order valence-corrected chi connectivity index (χ0v) is 18.3. The van der Waals surface area contributed by atoms with E-state index in [4.69, 9.17) is 11.6 Å². The molecule has 0 bridgehead atoms. The first-order valence-corrected chi connectivity index (χ1v) is 11.1. The van der Waals surface area contributed by atoms with Crippen LogP contribution in [-0.4, -0.2) is 63.1 Å². The van der Waals surface area contributed by atoms with Crippen LogP contribution < -0.4 is 5.32 Å². The Bertz CT molecular complexity index is 1130. The van der Waals surface area contributed by atoms with E-state index >= 15 is 0 Å². The SMILES string of the molecule is O=C1N[C@H](Cc2ccccc2)C(=O)N2CCN(Cc3cnn(-c4ccccc4Cl)c3)C[C@H]12. The third-order valence-electron chi connectivity index (χ3n) is 6.09. The maximum Gasteiger partial charge on any atom is 0.246 e. The summed E-state index contributed by atoms with van der Waals surface area (Å²) in [4.78, 5) is 29.8. The molecule has 7 nitrogen and oxygen atoms in total. The van der Waals surface area contributed by atoms with Crippen molar-refractivity contribution in [3.05, 3.63) is 83.1 Å². The van der Waals surface area contributed by atoms with Crippen molar-refractivity contribution >= 4 is 23.4 Å². The second-order valence-electron chi connectivity index (χ2n) is 8.28. The Hall–Kier alpha value is -3.16. The number of nitrogens with zero attached hydrogens (tertiary/aromatic N) is 4. The number of fused-ring (bicyclic) bond motifs is 1. The smallest absolute Gasteiger partial charge is 0.246 e. The van der Waals surface area contributed by atoms with Gasteiger partial charge in [-0.15, -0.1) is 0 Å². The molecular weight excluding hydrogens is 426 g/mol. The Balaban J connectivity index is 1.24. The zero-order chi connectivity index (χ0) is 22.1. The van der Waals surface area contributed by atoms with Crippen molar-refractivity contribution in [1.29, 1.82) is 0 Å². The molecule has 2 saturated heterocycles. The van der Waals surface area contributed by atoms with Crippen molar-refractivity contribution in [1.82, 2.24) is 24.9 Å². The van der Waals surface area contributed by atoms with Gasteiger partial charge in [-0.2, -0.15) is 5.10 Å². The molecule has 1 N–H and O–H groups in total. The van der Waals surface area contributed by atoms with E-state index in [1.54, 1.807) is 9.58 Å². The fourth-order valence-electron chi connectivity index (χ4n) is 4.46. The van der Waals surface area contributed by atoms with Gasteiger partial charge in [0.2, 0.25) is 11.8 Å². The third kappa shape index (κ3) is 4.13.